The Balaban J connectivity index is 0.00000242. The molecule has 0 amide bonds. The Hall–Kier alpha value is -1.48. The molecule has 0 fully saturated rings. The van der Waals surface area contributed by atoms with Crippen LogP contribution in [0.4, 0.5) is 5.69 Å². The van der Waals surface area contributed by atoms with Crippen LogP contribution in [0.3, 0.4) is 0 Å². The summed E-state index contributed by atoms with van der Waals surface area (Å²) in [6.07, 6.45) is 2.82. The Kier molecular flexibility index (Phi) is 6.95. The van der Waals surface area contributed by atoms with E-state index in [1.54, 1.807) is 0 Å². The van der Waals surface area contributed by atoms with E-state index in [9.17, 15) is 18.5 Å². The van der Waals surface area contributed by atoms with Crippen LogP contribution >= 0.6 is 12.4 Å². The van der Waals surface area contributed by atoms with Crippen molar-refractivity contribution >= 4 is 28.1 Å². The lowest BCUT2D eigenvalue weighted by Gasteiger charge is -2.14. The molecule has 7 nitrogen and oxygen atoms in total. The zero-order chi connectivity index (χ0) is 15.3. The van der Waals surface area contributed by atoms with Gasteiger partial charge in [-0.1, -0.05) is 23.8 Å². The fourth-order valence-electron chi connectivity index (χ4n) is 2.02. The van der Waals surface area contributed by atoms with Gasteiger partial charge in [0.05, 0.1) is 10.7 Å². The monoisotopic (exact) mass is 347 g/mol. The Morgan fingerprint density at radius 1 is 1.27 bits per heavy atom. The van der Waals surface area contributed by atoms with Gasteiger partial charge in [0.15, 0.2) is 0 Å². The summed E-state index contributed by atoms with van der Waals surface area (Å²) < 4.78 is 26.5. The number of nitro groups is 1. The summed E-state index contributed by atoms with van der Waals surface area (Å²) in [7, 11) is -3.45. The van der Waals surface area contributed by atoms with Crippen molar-refractivity contribution in [3.63, 3.8) is 0 Å². The zero-order valence-electron chi connectivity index (χ0n) is 11.8. The van der Waals surface area contributed by atoms with Gasteiger partial charge in [0.2, 0.25) is 10.0 Å². The van der Waals surface area contributed by atoms with Gasteiger partial charge in [-0.15, -0.1) is 12.4 Å². The molecule has 2 rings (SSSR count). The predicted molar refractivity (Wildman–Crippen MR) is 86.5 cm³/mol. The number of halogens is 1. The van der Waals surface area contributed by atoms with Crippen molar-refractivity contribution in [2.24, 2.45) is 0 Å². The van der Waals surface area contributed by atoms with Gasteiger partial charge in [0, 0.05) is 25.2 Å². The topological polar surface area (TPSA) is 101 Å². The Morgan fingerprint density at radius 3 is 2.50 bits per heavy atom. The van der Waals surface area contributed by atoms with E-state index in [0.717, 1.165) is 25.1 Å². The number of nitrogens with one attached hydrogen (secondary N) is 2. The van der Waals surface area contributed by atoms with Crippen molar-refractivity contribution < 1.29 is 13.3 Å². The highest BCUT2D eigenvalue weighted by atomic mass is 35.5. The molecule has 0 radical (unpaired) electrons. The number of hydrogen-bond acceptors (Lipinski definition) is 5. The first-order valence-electron chi connectivity index (χ1n) is 6.55. The first kappa shape index (κ1) is 18.6. The van der Waals surface area contributed by atoms with Crippen molar-refractivity contribution in [3.8, 4) is 0 Å². The molecule has 0 aliphatic carbocycles. The normalized spacial score (nSPS) is 14.8. The maximum absolute atomic E-state index is 12.0. The summed E-state index contributed by atoms with van der Waals surface area (Å²) in [5.74, 6) is -0.184. The van der Waals surface area contributed by atoms with Crippen LogP contribution in [0.25, 0.3) is 0 Å². The van der Waals surface area contributed by atoms with Gasteiger partial charge in [-0.25, -0.2) is 13.1 Å². The van der Waals surface area contributed by atoms with E-state index in [-0.39, 0.29) is 23.8 Å². The van der Waals surface area contributed by atoms with Crippen molar-refractivity contribution in [2.45, 2.75) is 12.2 Å². The minimum atomic E-state index is -3.45. The number of benzene rings is 1. The van der Waals surface area contributed by atoms with Crippen LogP contribution in [0.2, 0.25) is 0 Å². The molecule has 122 valence electrons. The molecule has 2 N–H and O–H groups in total. The molecule has 22 heavy (non-hydrogen) atoms. The molecule has 0 atom stereocenters. The third kappa shape index (κ3) is 5.72. The fourth-order valence-corrected chi connectivity index (χ4v) is 3.16. The van der Waals surface area contributed by atoms with Gasteiger partial charge >= 0.3 is 0 Å². The molecule has 0 aromatic heterocycles. The van der Waals surface area contributed by atoms with Crippen LogP contribution in [-0.2, 0) is 15.8 Å². The molecular formula is C13H18ClN3O4S. The molecule has 0 unspecified atom stereocenters. The van der Waals surface area contributed by atoms with Gasteiger partial charge in [-0.05, 0) is 18.5 Å². The van der Waals surface area contributed by atoms with E-state index in [4.69, 9.17) is 0 Å². The Bertz CT molecular complexity index is 644. The summed E-state index contributed by atoms with van der Waals surface area (Å²) in [4.78, 5) is 10.0. The van der Waals surface area contributed by atoms with Crippen LogP contribution in [0.15, 0.2) is 35.9 Å². The largest absolute Gasteiger partial charge is 0.313 e. The second kappa shape index (κ2) is 8.23. The molecule has 0 spiro atoms. The summed E-state index contributed by atoms with van der Waals surface area (Å²) in [5, 5.41) is 13.7. The van der Waals surface area contributed by atoms with E-state index in [1.807, 2.05) is 6.08 Å². The lowest BCUT2D eigenvalue weighted by atomic mass is 10.1. The average Bonchev–Trinajstić information content (AvgIpc) is 2.46. The van der Waals surface area contributed by atoms with Crippen LogP contribution in [0, 0.1) is 10.1 Å². The smallest absolute Gasteiger partial charge is 0.269 e. The summed E-state index contributed by atoms with van der Waals surface area (Å²) in [6, 6.07) is 5.53. The SMILES string of the molecule is Cl.O=[N+]([O-])c1ccc(CS(=O)(=O)NCC2=CCNCC2)cc1. The van der Waals surface area contributed by atoms with Crippen molar-refractivity contribution in [2.75, 3.05) is 19.6 Å². The third-order valence-electron chi connectivity index (χ3n) is 3.18. The molecule has 1 aliphatic rings. The quantitative estimate of drug-likeness (QED) is 0.459. The van der Waals surface area contributed by atoms with E-state index in [0.29, 0.717) is 12.1 Å². The first-order chi connectivity index (χ1) is 9.96. The first-order valence-corrected chi connectivity index (χ1v) is 8.21. The van der Waals surface area contributed by atoms with Crippen LogP contribution in [0.5, 0.6) is 0 Å². The Labute approximate surface area is 135 Å². The second-order valence-corrected chi connectivity index (χ2v) is 6.63. The van der Waals surface area contributed by atoms with Crippen LogP contribution in [-0.4, -0.2) is 33.0 Å². The summed E-state index contributed by atoms with van der Waals surface area (Å²) in [5.41, 5.74) is 1.54. The molecule has 1 heterocycles. The number of rotatable bonds is 6. The van der Waals surface area contributed by atoms with Crippen molar-refractivity contribution in [1.82, 2.24) is 10.0 Å². The van der Waals surface area contributed by atoms with E-state index >= 15 is 0 Å². The number of hydrogen-bond donors (Lipinski definition) is 2. The minimum absolute atomic E-state index is 0. The number of sulfonamides is 1. The standard InChI is InChI=1S/C13H17N3O4S.ClH/c17-16(18)13-3-1-12(2-4-13)10-21(19,20)15-9-11-5-7-14-8-6-11;/h1-5,14-15H,6-10H2;1H. The highest BCUT2D eigenvalue weighted by Crippen LogP contribution is 2.14. The van der Waals surface area contributed by atoms with E-state index in [1.165, 1.54) is 24.3 Å². The third-order valence-corrected chi connectivity index (χ3v) is 4.48. The molecule has 1 aliphatic heterocycles. The molecule has 1 aromatic carbocycles. The lowest BCUT2D eigenvalue weighted by molar-refractivity contribution is -0.384. The van der Waals surface area contributed by atoms with Gasteiger partial charge in [-0.3, -0.25) is 10.1 Å². The highest BCUT2D eigenvalue weighted by Gasteiger charge is 2.14. The van der Waals surface area contributed by atoms with E-state index < -0.39 is 14.9 Å². The van der Waals surface area contributed by atoms with Gasteiger partial charge in [0.25, 0.3) is 5.69 Å². The number of nitro benzene ring substituents is 1. The van der Waals surface area contributed by atoms with Crippen molar-refractivity contribution in [1.29, 1.82) is 0 Å². The average molecular weight is 348 g/mol. The summed E-state index contributed by atoms with van der Waals surface area (Å²) >= 11 is 0. The zero-order valence-corrected chi connectivity index (χ0v) is 13.5. The second-order valence-electron chi connectivity index (χ2n) is 4.82. The van der Waals surface area contributed by atoms with Crippen molar-refractivity contribution in [3.05, 3.63) is 51.6 Å². The lowest BCUT2D eigenvalue weighted by Crippen LogP contribution is -2.30. The molecular weight excluding hydrogens is 330 g/mol. The fraction of sp³-hybridized carbons (Fsp3) is 0.385. The minimum Gasteiger partial charge on any atom is -0.313 e. The highest BCUT2D eigenvalue weighted by molar-refractivity contribution is 7.88. The van der Waals surface area contributed by atoms with Gasteiger partial charge in [0.1, 0.15) is 0 Å². The van der Waals surface area contributed by atoms with Gasteiger partial charge < -0.3 is 5.32 Å². The number of nitrogens with zero attached hydrogens (tertiary/aromatic N) is 1. The van der Waals surface area contributed by atoms with Gasteiger partial charge in [-0.2, -0.15) is 0 Å². The predicted octanol–water partition coefficient (Wildman–Crippen LogP) is 1.36. The van der Waals surface area contributed by atoms with Crippen LogP contribution < -0.4 is 10.0 Å². The molecule has 0 saturated heterocycles. The molecule has 1 aromatic rings. The number of non-ortho nitro benzene ring substituents is 1. The summed E-state index contributed by atoms with van der Waals surface area (Å²) in [6.45, 7) is 1.94. The van der Waals surface area contributed by atoms with E-state index in [2.05, 4.69) is 10.0 Å². The van der Waals surface area contributed by atoms with Crippen LogP contribution in [0.1, 0.15) is 12.0 Å². The molecule has 9 heteroatoms. The maximum Gasteiger partial charge on any atom is 0.269 e. The molecule has 0 bridgehead atoms. The maximum atomic E-state index is 12.0. The molecule has 0 saturated carbocycles. The Morgan fingerprint density at radius 2 is 1.95 bits per heavy atom.